The Morgan fingerprint density at radius 3 is 2.66 bits per heavy atom. The Labute approximate surface area is 169 Å². The fourth-order valence-corrected chi connectivity index (χ4v) is 3.07. The van der Waals surface area contributed by atoms with Crippen molar-refractivity contribution in [3.8, 4) is 11.5 Å². The zero-order valence-electron chi connectivity index (χ0n) is 16.2. The molecule has 4 rings (SSSR count). The molecule has 1 aliphatic heterocycles. The van der Waals surface area contributed by atoms with Crippen LogP contribution in [0.4, 0.5) is 11.4 Å². The maximum atomic E-state index is 12.7. The Bertz CT molecular complexity index is 994. The van der Waals surface area contributed by atoms with Crippen LogP contribution in [0.25, 0.3) is 0 Å². The molecule has 1 N–H and O–H groups in total. The molecular formula is C22H22N4O3. The van der Waals surface area contributed by atoms with E-state index in [2.05, 4.69) is 20.2 Å². The van der Waals surface area contributed by atoms with E-state index in [9.17, 15) is 4.79 Å². The maximum absolute atomic E-state index is 12.7. The second-order valence-electron chi connectivity index (χ2n) is 6.74. The second-order valence-corrected chi connectivity index (χ2v) is 6.74. The van der Waals surface area contributed by atoms with E-state index in [-0.39, 0.29) is 5.91 Å². The monoisotopic (exact) mass is 390 g/mol. The highest BCUT2D eigenvalue weighted by Gasteiger charge is 2.14. The SMILES string of the molecule is CN(CCc1ccncc1)c1ccnc(C(=O)Nc2ccc3c(c2)OCCO3)c1. The first kappa shape index (κ1) is 18.7. The highest BCUT2D eigenvalue weighted by Crippen LogP contribution is 2.32. The Morgan fingerprint density at radius 1 is 1.03 bits per heavy atom. The molecule has 0 saturated heterocycles. The van der Waals surface area contributed by atoms with Crippen molar-refractivity contribution in [2.24, 2.45) is 0 Å². The molecule has 0 atom stereocenters. The molecule has 7 nitrogen and oxygen atoms in total. The van der Waals surface area contributed by atoms with Crippen molar-refractivity contribution in [3.05, 3.63) is 72.3 Å². The van der Waals surface area contributed by atoms with Crippen LogP contribution in [0, 0.1) is 0 Å². The van der Waals surface area contributed by atoms with Gasteiger partial charge in [-0.15, -0.1) is 0 Å². The zero-order chi connectivity index (χ0) is 20.1. The van der Waals surface area contributed by atoms with Crippen molar-refractivity contribution < 1.29 is 14.3 Å². The number of fused-ring (bicyclic) bond motifs is 1. The molecule has 7 heteroatoms. The van der Waals surface area contributed by atoms with Gasteiger partial charge < -0.3 is 19.7 Å². The van der Waals surface area contributed by atoms with Gasteiger partial charge in [-0.1, -0.05) is 0 Å². The lowest BCUT2D eigenvalue weighted by Gasteiger charge is -2.20. The molecule has 0 fully saturated rings. The summed E-state index contributed by atoms with van der Waals surface area (Å²) in [5, 5.41) is 2.87. The average molecular weight is 390 g/mol. The molecule has 0 bridgehead atoms. The number of likely N-dealkylation sites (N-methyl/N-ethyl adjacent to an activating group) is 1. The Balaban J connectivity index is 1.41. The molecule has 0 unspecified atom stereocenters. The third-order valence-electron chi connectivity index (χ3n) is 4.70. The first-order valence-electron chi connectivity index (χ1n) is 9.46. The van der Waals surface area contributed by atoms with Crippen LogP contribution in [0.15, 0.2) is 61.1 Å². The topological polar surface area (TPSA) is 76.6 Å². The van der Waals surface area contributed by atoms with Crippen LogP contribution in [0.2, 0.25) is 0 Å². The van der Waals surface area contributed by atoms with Crippen LogP contribution in [-0.2, 0) is 6.42 Å². The summed E-state index contributed by atoms with van der Waals surface area (Å²) in [5.41, 5.74) is 3.14. The first-order chi connectivity index (χ1) is 14.2. The fourth-order valence-electron chi connectivity index (χ4n) is 3.07. The molecule has 2 aromatic heterocycles. The normalized spacial score (nSPS) is 12.3. The van der Waals surface area contributed by atoms with Gasteiger partial charge in [0.25, 0.3) is 5.91 Å². The van der Waals surface area contributed by atoms with Gasteiger partial charge in [0.15, 0.2) is 11.5 Å². The van der Waals surface area contributed by atoms with Crippen molar-refractivity contribution in [3.63, 3.8) is 0 Å². The number of carbonyl (C=O) groups is 1. The molecule has 1 aromatic carbocycles. The molecule has 0 aliphatic carbocycles. The lowest BCUT2D eigenvalue weighted by atomic mass is 10.2. The number of ether oxygens (including phenoxy) is 2. The number of hydrogen-bond donors (Lipinski definition) is 1. The molecule has 0 saturated carbocycles. The first-order valence-corrected chi connectivity index (χ1v) is 9.46. The van der Waals surface area contributed by atoms with E-state index in [1.807, 2.05) is 25.2 Å². The van der Waals surface area contributed by atoms with Crippen LogP contribution in [0.5, 0.6) is 11.5 Å². The highest BCUT2D eigenvalue weighted by molar-refractivity contribution is 6.03. The van der Waals surface area contributed by atoms with E-state index in [0.29, 0.717) is 36.1 Å². The minimum atomic E-state index is -0.272. The van der Waals surface area contributed by atoms with Crippen molar-refractivity contribution in [2.75, 3.05) is 37.0 Å². The average Bonchev–Trinajstić information content (AvgIpc) is 2.78. The van der Waals surface area contributed by atoms with E-state index in [1.54, 1.807) is 42.9 Å². The van der Waals surface area contributed by atoms with Crippen molar-refractivity contribution in [1.82, 2.24) is 9.97 Å². The minimum Gasteiger partial charge on any atom is -0.486 e. The smallest absolute Gasteiger partial charge is 0.274 e. The number of benzene rings is 1. The van der Waals surface area contributed by atoms with E-state index >= 15 is 0 Å². The molecular weight excluding hydrogens is 368 g/mol. The minimum absolute atomic E-state index is 0.272. The summed E-state index contributed by atoms with van der Waals surface area (Å²) in [6, 6.07) is 13.0. The van der Waals surface area contributed by atoms with E-state index in [0.717, 1.165) is 18.7 Å². The summed E-state index contributed by atoms with van der Waals surface area (Å²) in [6.45, 7) is 1.85. The van der Waals surface area contributed by atoms with Crippen LogP contribution >= 0.6 is 0 Å². The fraction of sp³-hybridized carbons (Fsp3) is 0.227. The summed E-state index contributed by atoms with van der Waals surface area (Å²) in [5.74, 6) is 1.04. The molecule has 0 spiro atoms. The van der Waals surface area contributed by atoms with Gasteiger partial charge in [-0.05, 0) is 48.4 Å². The van der Waals surface area contributed by atoms with Crippen LogP contribution in [0.3, 0.4) is 0 Å². The molecule has 29 heavy (non-hydrogen) atoms. The number of aromatic nitrogens is 2. The number of anilines is 2. The lowest BCUT2D eigenvalue weighted by molar-refractivity contribution is 0.102. The number of pyridine rings is 2. The predicted molar refractivity (Wildman–Crippen MR) is 111 cm³/mol. The van der Waals surface area contributed by atoms with Gasteiger partial charge in [0.2, 0.25) is 0 Å². The third-order valence-corrected chi connectivity index (χ3v) is 4.70. The van der Waals surface area contributed by atoms with Gasteiger partial charge in [-0.3, -0.25) is 14.8 Å². The van der Waals surface area contributed by atoms with Gasteiger partial charge in [-0.25, -0.2) is 0 Å². The van der Waals surface area contributed by atoms with E-state index in [4.69, 9.17) is 9.47 Å². The van der Waals surface area contributed by atoms with Crippen molar-refractivity contribution in [1.29, 1.82) is 0 Å². The van der Waals surface area contributed by atoms with Crippen LogP contribution in [-0.4, -0.2) is 42.7 Å². The lowest BCUT2D eigenvalue weighted by Crippen LogP contribution is -2.21. The summed E-state index contributed by atoms with van der Waals surface area (Å²) in [4.78, 5) is 23.0. The largest absolute Gasteiger partial charge is 0.486 e. The van der Waals surface area contributed by atoms with E-state index < -0.39 is 0 Å². The van der Waals surface area contributed by atoms with Gasteiger partial charge in [0.1, 0.15) is 18.9 Å². The standard InChI is InChI=1S/C22H22N4O3/c1-26(11-7-16-4-8-23-9-5-16)18-6-10-24-19(15-18)22(27)25-17-2-3-20-21(14-17)29-13-12-28-20/h2-6,8-10,14-15H,7,11-13H2,1H3,(H,25,27). The molecule has 1 aliphatic rings. The summed E-state index contributed by atoms with van der Waals surface area (Å²) >= 11 is 0. The third kappa shape index (κ3) is 4.63. The quantitative estimate of drug-likeness (QED) is 0.697. The Morgan fingerprint density at radius 2 is 1.83 bits per heavy atom. The molecule has 148 valence electrons. The number of nitrogens with zero attached hydrogens (tertiary/aromatic N) is 3. The summed E-state index contributed by atoms with van der Waals surface area (Å²) in [7, 11) is 2.00. The molecule has 3 heterocycles. The Hall–Kier alpha value is -3.61. The maximum Gasteiger partial charge on any atom is 0.274 e. The number of hydrogen-bond acceptors (Lipinski definition) is 6. The van der Waals surface area contributed by atoms with Crippen molar-refractivity contribution in [2.45, 2.75) is 6.42 Å². The number of rotatable bonds is 6. The molecule has 0 radical (unpaired) electrons. The number of nitrogens with one attached hydrogen (secondary N) is 1. The van der Waals surface area contributed by atoms with Gasteiger partial charge in [0.05, 0.1) is 0 Å². The van der Waals surface area contributed by atoms with Gasteiger partial charge in [0, 0.05) is 49.6 Å². The molecule has 3 aromatic rings. The highest BCUT2D eigenvalue weighted by atomic mass is 16.6. The number of carbonyl (C=O) groups excluding carboxylic acids is 1. The summed E-state index contributed by atoms with van der Waals surface area (Å²) in [6.07, 6.45) is 6.13. The second kappa shape index (κ2) is 8.60. The summed E-state index contributed by atoms with van der Waals surface area (Å²) < 4.78 is 11.1. The Kier molecular flexibility index (Phi) is 5.56. The van der Waals surface area contributed by atoms with E-state index in [1.165, 1.54) is 5.56 Å². The van der Waals surface area contributed by atoms with Crippen LogP contribution < -0.4 is 19.7 Å². The number of amides is 1. The van der Waals surface area contributed by atoms with Gasteiger partial charge in [-0.2, -0.15) is 0 Å². The van der Waals surface area contributed by atoms with Crippen LogP contribution in [0.1, 0.15) is 16.1 Å². The van der Waals surface area contributed by atoms with Gasteiger partial charge >= 0.3 is 0 Å². The predicted octanol–water partition coefficient (Wildman–Crippen LogP) is 3.18. The van der Waals surface area contributed by atoms with Crippen molar-refractivity contribution >= 4 is 17.3 Å². The molecule has 1 amide bonds. The zero-order valence-corrected chi connectivity index (χ0v) is 16.2.